The fraction of sp³-hybridized carbons (Fsp3) is 0.174. The summed E-state index contributed by atoms with van der Waals surface area (Å²) in [6.07, 6.45) is 1.54. The normalized spacial score (nSPS) is 15.6. The van der Waals surface area contributed by atoms with Crippen LogP contribution in [0, 0.1) is 0 Å². The highest BCUT2D eigenvalue weighted by molar-refractivity contribution is 6.51. The Morgan fingerprint density at radius 2 is 1.56 bits per heavy atom. The van der Waals surface area contributed by atoms with Gasteiger partial charge in [-0.3, -0.25) is 24.6 Å². The van der Waals surface area contributed by atoms with Crippen molar-refractivity contribution < 1.29 is 23.8 Å². The summed E-state index contributed by atoms with van der Waals surface area (Å²) in [6, 6.07) is 10.1. The van der Waals surface area contributed by atoms with Crippen LogP contribution in [-0.4, -0.2) is 50.3 Å². The molecule has 2 heterocycles. The quantitative estimate of drug-likeness (QED) is 0.619. The zero-order valence-corrected chi connectivity index (χ0v) is 17.9. The van der Waals surface area contributed by atoms with E-state index in [0.717, 1.165) is 0 Å². The average molecular weight is 435 g/mol. The number of benzene rings is 2. The van der Waals surface area contributed by atoms with Crippen LogP contribution in [0.5, 0.6) is 17.2 Å². The number of rotatable bonds is 4. The first-order valence-corrected chi connectivity index (χ1v) is 9.65. The number of hydrogen-bond donors (Lipinski definition) is 2. The summed E-state index contributed by atoms with van der Waals surface area (Å²) in [5, 5.41) is 5.41. The van der Waals surface area contributed by atoms with Crippen molar-refractivity contribution in [2.75, 3.05) is 33.3 Å². The van der Waals surface area contributed by atoms with E-state index in [0.29, 0.717) is 34.1 Å². The number of ketones is 1. The Morgan fingerprint density at radius 1 is 0.906 bits per heavy atom. The third-order valence-electron chi connectivity index (χ3n) is 5.32. The number of carbonyl (C=O) groups excluding carboxylic acids is 2. The lowest BCUT2D eigenvalue weighted by atomic mass is 9.95. The Bertz CT molecular complexity index is 1390. The van der Waals surface area contributed by atoms with Crippen LogP contribution in [0.3, 0.4) is 0 Å². The molecule has 0 fully saturated rings. The van der Waals surface area contributed by atoms with E-state index < -0.39 is 17.2 Å². The minimum absolute atomic E-state index is 0.111. The number of anilines is 1. The van der Waals surface area contributed by atoms with Gasteiger partial charge in [0.1, 0.15) is 5.57 Å². The molecule has 0 unspecified atom stereocenters. The Kier molecular flexibility index (Phi) is 5.31. The van der Waals surface area contributed by atoms with Crippen molar-refractivity contribution in [2.24, 2.45) is 0 Å². The Hall–Kier alpha value is -4.27. The second-order valence-corrected chi connectivity index (χ2v) is 7.06. The van der Waals surface area contributed by atoms with Gasteiger partial charge in [0.05, 0.1) is 37.6 Å². The maximum absolute atomic E-state index is 13.2. The fourth-order valence-electron chi connectivity index (χ4n) is 3.74. The number of para-hydroxylation sites is 1. The number of aromatic nitrogens is 2. The second-order valence-electron chi connectivity index (χ2n) is 7.06. The molecule has 0 aliphatic carbocycles. The zero-order valence-electron chi connectivity index (χ0n) is 17.9. The first-order valence-electron chi connectivity index (χ1n) is 9.65. The molecule has 3 aromatic rings. The van der Waals surface area contributed by atoms with Gasteiger partial charge in [-0.25, -0.2) is 0 Å². The van der Waals surface area contributed by atoms with Gasteiger partial charge < -0.3 is 19.1 Å². The molecule has 32 heavy (non-hydrogen) atoms. The number of Topliss-reactive ketones (excluding diaryl/α,β-unsaturated/α-hetero) is 1. The third kappa shape index (κ3) is 3.24. The van der Waals surface area contributed by atoms with Gasteiger partial charge in [0, 0.05) is 12.6 Å². The van der Waals surface area contributed by atoms with Gasteiger partial charge in [-0.05, 0) is 35.9 Å². The molecule has 0 saturated carbocycles. The molecule has 2 N–H and O–H groups in total. The van der Waals surface area contributed by atoms with Crippen LogP contribution in [0.2, 0.25) is 0 Å². The number of fused-ring (bicyclic) bond motifs is 1. The predicted molar refractivity (Wildman–Crippen MR) is 118 cm³/mol. The maximum atomic E-state index is 13.2. The van der Waals surface area contributed by atoms with E-state index in [2.05, 4.69) is 10.2 Å². The molecule has 1 aliphatic heterocycles. The summed E-state index contributed by atoms with van der Waals surface area (Å²) in [5.74, 6) is 0.234. The number of ether oxygens (including phenoxy) is 3. The van der Waals surface area contributed by atoms with Gasteiger partial charge in [0.25, 0.3) is 11.5 Å². The number of H-pyrrole nitrogens is 2. The van der Waals surface area contributed by atoms with Crippen molar-refractivity contribution in [2.45, 2.75) is 0 Å². The van der Waals surface area contributed by atoms with Gasteiger partial charge in [-0.1, -0.05) is 12.1 Å². The van der Waals surface area contributed by atoms with Crippen LogP contribution in [0.4, 0.5) is 5.69 Å². The molecule has 1 aromatic heterocycles. The summed E-state index contributed by atoms with van der Waals surface area (Å²) in [6.45, 7) is 0. The monoisotopic (exact) mass is 435 g/mol. The first-order chi connectivity index (χ1) is 15.4. The van der Waals surface area contributed by atoms with Crippen molar-refractivity contribution >= 4 is 29.0 Å². The van der Waals surface area contributed by atoms with Crippen molar-refractivity contribution in [1.82, 2.24) is 10.2 Å². The van der Waals surface area contributed by atoms with E-state index >= 15 is 0 Å². The smallest absolute Gasteiger partial charge is 0.271 e. The van der Waals surface area contributed by atoms with E-state index in [1.165, 1.54) is 26.2 Å². The van der Waals surface area contributed by atoms with Crippen molar-refractivity contribution in [3.05, 3.63) is 68.4 Å². The van der Waals surface area contributed by atoms with Gasteiger partial charge in [-0.15, -0.1) is 0 Å². The number of hydrogen-bond acceptors (Lipinski definition) is 6. The van der Waals surface area contributed by atoms with Crippen LogP contribution in [0.1, 0.15) is 15.9 Å². The Balaban J connectivity index is 2.01. The van der Waals surface area contributed by atoms with Crippen LogP contribution in [0.25, 0.3) is 11.6 Å². The third-order valence-corrected chi connectivity index (χ3v) is 5.32. The number of aromatic amines is 2. The predicted octanol–water partition coefficient (Wildman–Crippen LogP) is 0.568. The van der Waals surface area contributed by atoms with E-state index in [-0.39, 0.29) is 16.1 Å². The molecular formula is C23H21N3O6. The van der Waals surface area contributed by atoms with Crippen molar-refractivity contribution in [3.8, 4) is 17.2 Å². The molecule has 4 rings (SSSR count). The largest absolute Gasteiger partial charge is 0.493 e. The minimum atomic E-state index is -0.511. The second kappa shape index (κ2) is 8.10. The lowest BCUT2D eigenvalue weighted by molar-refractivity contribution is -0.113. The van der Waals surface area contributed by atoms with Gasteiger partial charge in [-0.2, -0.15) is 0 Å². The molecule has 0 saturated heterocycles. The summed E-state index contributed by atoms with van der Waals surface area (Å²) < 4.78 is 16.1. The SMILES string of the molecule is COc1cc(/C=c2\c(=O)[nH][nH]c2=C2C(=O)c3ccccc3N(C)C2=O)cc(OC)c1OC. The summed E-state index contributed by atoms with van der Waals surface area (Å²) in [7, 11) is 6.04. The maximum Gasteiger partial charge on any atom is 0.271 e. The highest BCUT2D eigenvalue weighted by Crippen LogP contribution is 2.38. The minimum Gasteiger partial charge on any atom is -0.493 e. The molecule has 9 nitrogen and oxygen atoms in total. The molecule has 0 radical (unpaired) electrons. The van der Waals surface area contributed by atoms with Crippen molar-refractivity contribution in [3.63, 3.8) is 0 Å². The Morgan fingerprint density at radius 3 is 2.19 bits per heavy atom. The summed E-state index contributed by atoms with van der Waals surface area (Å²) >= 11 is 0. The van der Waals surface area contributed by atoms with Crippen LogP contribution in [0.15, 0.2) is 41.2 Å². The molecular weight excluding hydrogens is 414 g/mol. The van der Waals surface area contributed by atoms with Gasteiger partial charge in [0.2, 0.25) is 11.5 Å². The van der Waals surface area contributed by atoms with Crippen molar-refractivity contribution in [1.29, 1.82) is 0 Å². The molecule has 0 bridgehead atoms. The lowest BCUT2D eigenvalue weighted by Gasteiger charge is -2.25. The Labute approximate surface area is 182 Å². The highest BCUT2D eigenvalue weighted by atomic mass is 16.5. The number of carbonyl (C=O) groups is 2. The van der Waals surface area contributed by atoms with Crippen LogP contribution in [-0.2, 0) is 4.79 Å². The topological polar surface area (TPSA) is 114 Å². The summed E-state index contributed by atoms with van der Waals surface area (Å²) in [4.78, 5) is 40.2. The van der Waals surface area contributed by atoms with E-state index in [1.807, 2.05) is 0 Å². The van der Waals surface area contributed by atoms with E-state index in [1.54, 1.807) is 49.5 Å². The molecule has 0 spiro atoms. The van der Waals surface area contributed by atoms with E-state index in [9.17, 15) is 14.4 Å². The fourth-order valence-corrected chi connectivity index (χ4v) is 3.74. The first kappa shape index (κ1) is 21.0. The zero-order chi connectivity index (χ0) is 23.0. The van der Waals surface area contributed by atoms with Gasteiger partial charge in [0.15, 0.2) is 11.5 Å². The molecule has 2 aromatic carbocycles. The number of nitrogens with one attached hydrogen (secondary N) is 2. The number of nitrogens with zero attached hydrogens (tertiary/aromatic N) is 1. The van der Waals surface area contributed by atoms with Gasteiger partial charge >= 0.3 is 0 Å². The molecule has 1 amide bonds. The standard InChI is InChI=1S/C23H21N3O6/c1-26-15-8-6-5-7-13(15)20(27)18(23(26)29)19-14(22(28)25-24-19)9-12-10-16(30-2)21(32-4)17(11-12)31-3/h5-11,24H,1-4H3,(H,25,28)/b14-9-,19-18?. The number of amides is 1. The molecule has 0 atom stereocenters. The summed E-state index contributed by atoms with van der Waals surface area (Å²) in [5.41, 5.74) is 0.840. The average Bonchev–Trinajstić information content (AvgIpc) is 3.16. The highest BCUT2D eigenvalue weighted by Gasteiger charge is 2.33. The molecule has 9 heteroatoms. The van der Waals surface area contributed by atoms with Crippen LogP contribution < -0.4 is 35.2 Å². The molecule has 1 aliphatic rings. The lowest BCUT2D eigenvalue weighted by Crippen LogP contribution is -2.44. The number of methoxy groups -OCH3 is 3. The van der Waals surface area contributed by atoms with Crippen LogP contribution >= 0.6 is 0 Å². The van der Waals surface area contributed by atoms with E-state index in [4.69, 9.17) is 14.2 Å². The molecule has 164 valence electrons.